The van der Waals surface area contributed by atoms with E-state index in [9.17, 15) is 34.2 Å². The number of ether oxygens (including phenoxy) is 3. The largest absolute Gasteiger partial charge is 0.495 e. The fourth-order valence-electron chi connectivity index (χ4n) is 4.92. The number of aliphatic carboxylic acids is 2. The summed E-state index contributed by atoms with van der Waals surface area (Å²) in [6.45, 7) is 2.67. The summed E-state index contributed by atoms with van der Waals surface area (Å²) in [6, 6.07) is 3.05. The highest BCUT2D eigenvalue weighted by Crippen LogP contribution is 2.41. The maximum absolute atomic E-state index is 13.5. The van der Waals surface area contributed by atoms with Crippen molar-refractivity contribution in [2.75, 3.05) is 39.9 Å². The molecule has 1 aromatic heterocycles. The minimum atomic E-state index is -1.47. The third-order valence-electron chi connectivity index (χ3n) is 7.50. The Morgan fingerprint density at radius 2 is 1.72 bits per heavy atom. The van der Waals surface area contributed by atoms with Gasteiger partial charge in [-0.3, -0.25) is 14.4 Å². The van der Waals surface area contributed by atoms with Crippen molar-refractivity contribution < 1.29 is 48.4 Å². The van der Waals surface area contributed by atoms with E-state index in [1.165, 1.54) is 35.1 Å². The number of piperazine rings is 1. The average molecular weight is 621 g/mol. The molecule has 2 aromatic rings. The topological polar surface area (TPSA) is 185 Å². The number of amides is 3. The highest BCUT2D eigenvalue weighted by molar-refractivity contribution is 6.32. The fourth-order valence-corrected chi connectivity index (χ4v) is 5.16. The third kappa shape index (κ3) is 7.01. The van der Waals surface area contributed by atoms with Gasteiger partial charge in [0.15, 0.2) is 0 Å². The van der Waals surface area contributed by atoms with E-state index < -0.39 is 47.9 Å². The molecule has 15 heteroatoms. The van der Waals surface area contributed by atoms with Crippen LogP contribution in [0.1, 0.15) is 49.5 Å². The quantitative estimate of drug-likeness (QED) is 0.335. The van der Waals surface area contributed by atoms with E-state index in [1.54, 1.807) is 6.92 Å². The van der Waals surface area contributed by atoms with E-state index >= 15 is 0 Å². The Balaban J connectivity index is 1.61. The summed E-state index contributed by atoms with van der Waals surface area (Å²) < 4.78 is 16.3. The molecule has 3 N–H and O–H groups in total. The van der Waals surface area contributed by atoms with Crippen molar-refractivity contribution in [2.45, 2.75) is 50.7 Å². The molecule has 0 bridgehead atoms. The van der Waals surface area contributed by atoms with Crippen LogP contribution in [-0.2, 0) is 19.1 Å². The van der Waals surface area contributed by atoms with Gasteiger partial charge in [-0.2, -0.15) is 0 Å². The van der Waals surface area contributed by atoms with Gasteiger partial charge in [0, 0.05) is 44.1 Å². The molecule has 4 rings (SSSR count). The first kappa shape index (κ1) is 31.6. The molecule has 43 heavy (non-hydrogen) atoms. The number of nitrogens with zero attached hydrogens (tertiary/aromatic N) is 3. The predicted octanol–water partition coefficient (Wildman–Crippen LogP) is 2.55. The van der Waals surface area contributed by atoms with Gasteiger partial charge in [0.05, 0.1) is 24.3 Å². The number of hydrogen-bond donors (Lipinski definition) is 3. The summed E-state index contributed by atoms with van der Waals surface area (Å²) in [6.07, 6.45) is 0.116. The van der Waals surface area contributed by atoms with Gasteiger partial charge in [-0.05, 0) is 44.7 Å². The van der Waals surface area contributed by atoms with Crippen LogP contribution in [0.15, 0.2) is 18.2 Å². The van der Waals surface area contributed by atoms with Crippen molar-refractivity contribution in [1.29, 1.82) is 0 Å². The lowest BCUT2D eigenvalue weighted by atomic mass is 9.80. The third-order valence-corrected chi connectivity index (χ3v) is 7.80. The Bertz CT molecular complexity index is 1420. The Morgan fingerprint density at radius 1 is 1.05 bits per heavy atom. The Kier molecular flexibility index (Phi) is 9.79. The number of rotatable bonds is 11. The highest BCUT2D eigenvalue weighted by atomic mass is 35.5. The van der Waals surface area contributed by atoms with Crippen LogP contribution >= 0.6 is 11.6 Å². The van der Waals surface area contributed by atoms with Crippen LogP contribution in [0.3, 0.4) is 0 Å². The number of hydrogen-bond acceptors (Lipinski definition) is 9. The first-order valence-electron chi connectivity index (χ1n) is 13.8. The second-order valence-electron chi connectivity index (χ2n) is 10.2. The van der Waals surface area contributed by atoms with Crippen molar-refractivity contribution in [3.05, 3.63) is 28.9 Å². The number of carboxylic acids is 2. The zero-order chi connectivity index (χ0) is 31.3. The molecule has 0 spiro atoms. The highest BCUT2D eigenvalue weighted by Gasteiger charge is 2.47. The molecule has 1 aromatic carbocycles. The van der Waals surface area contributed by atoms with Crippen LogP contribution in [0.25, 0.3) is 10.9 Å². The normalized spacial score (nSPS) is 16.5. The molecule has 1 saturated carbocycles. The van der Waals surface area contributed by atoms with Crippen LogP contribution in [0.2, 0.25) is 5.02 Å². The summed E-state index contributed by atoms with van der Waals surface area (Å²) in [7, 11) is 1.42. The van der Waals surface area contributed by atoms with Crippen molar-refractivity contribution in [3.8, 4) is 11.5 Å². The number of carbonyl (C=O) groups excluding carboxylic acids is 3. The SMILES string of the molecule is CCOC(=O)N1CCN(C(=O)C(CCC(=O)O)NC(=O)c2cc(OC3(C(=O)O)CCC3)c3cc(OC)c(Cl)cc3n2)CC1. The average Bonchev–Trinajstić information content (AvgIpc) is 2.95. The first-order valence-corrected chi connectivity index (χ1v) is 14.2. The molecule has 1 aliphatic heterocycles. The van der Waals surface area contributed by atoms with Gasteiger partial charge in [-0.25, -0.2) is 14.6 Å². The minimum Gasteiger partial charge on any atom is -0.495 e. The molecule has 2 heterocycles. The lowest BCUT2D eigenvalue weighted by molar-refractivity contribution is -0.163. The zero-order valence-electron chi connectivity index (χ0n) is 23.8. The number of pyridine rings is 1. The standard InChI is InChI=1S/C28H33ClN4O10/c1-3-42-27(40)33-11-9-32(10-12-33)25(37)18(5-6-23(34)35)31-24(36)20-15-21(43-28(26(38)39)7-4-8-28)16-13-22(41-2)17(29)14-19(16)30-20/h13-15,18H,3-12H2,1-2H3,(H,31,36)(H,34,35)(H,38,39). The molecule has 1 saturated heterocycles. The van der Waals surface area contributed by atoms with Crippen LogP contribution in [0.5, 0.6) is 11.5 Å². The molecule has 14 nitrogen and oxygen atoms in total. The van der Waals surface area contributed by atoms with E-state index in [0.29, 0.717) is 17.6 Å². The second kappa shape index (κ2) is 13.3. The lowest BCUT2D eigenvalue weighted by Crippen LogP contribution is -2.56. The molecule has 1 atom stereocenters. The number of nitrogens with one attached hydrogen (secondary N) is 1. The zero-order valence-corrected chi connectivity index (χ0v) is 24.5. The maximum Gasteiger partial charge on any atom is 0.409 e. The predicted molar refractivity (Wildman–Crippen MR) is 151 cm³/mol. The smallest absolute Gasteiger partial charge is 0.409 e. The first-order chi connectivity index (χ1) is 20.5. The number of halogens is 1. The molecule has 3 amide bonds. The molecule has 2 fully saturated rings. The summed E-state index contributed by atoms with van der Waals surface area (Å²) >= 11 is 6.30. The van der Waals surface area contributed by atoms with Gasteiger partial charge in [-0.15, -0.1) is 0 Å². The van der Waals surface area contributed by atoms with E-state index in [1.807, 2.05) is 0 Å². The Labute approximate surface area is 251 Å². The molecule has 1 aliphatic carbocycles. The number of benzene rings is 1. The van der Waals surface area contributed by atoms with E-state index in [-0.39, 0.29) is 74.0 Å². The van der Waals surface area contributed by atoms with Crippen molar-refractivity contribution in [1.82, 2.24) is 20.1 Å². The summed E-state index contributed by atoms with van der Waals surface area (Å²) in [5, 5.41) is 22.2. The van der Waals surface area contributed by atoms with Gasteiger partial charge in [0.25, 0.3) is 5.91 Å². The molecular formula is C28H33ClN4O10. The summed E-state index contributed by atoms with van der Waals surface area (Å²) in [4.78, 5) is 69.6. The monoisotopic (exact) mass is 620 g/mol. The summed E-state index contributed by atoms with van der Waals surface area (Å²) in [5.74, 6) is -3.25. The minimum absolute atomic E-state index is 0.0655. The van der Waals surface area contributed by atoms with E-state index in [4.69, 9.17) is 25.8 Å². The maximum atomic E-state index is 13.5. The number of aromatic nitrogens is 1. The molecule has 232 valence electrons. The fraction of sp³-hybridized carbons (Fsp3) is 0.500. The van der Waals surface area contributed by atoms with Gasteiger partial charge in [0.1, 0.15) is 23.2 Å². The number of carboxylic acid groups (broad SMARTS) is 2. The van der Waals surface area contributed by atoms with E-state index in [0.717, 1.165) is 0 Å². The van der Waals surface area contributed by atoms with Gasteiger partial charge < -0.3 is 39.5 Å². The molecule has 0 radical (unpaired) electrons. The van der Waals surface area contributed by atoms with Gasteiger partial charge in [0.2, 0.25) is 11.5 Å². The van der Waals surface area contributed by atoms with Crippen LogP contribution < -0.4 is 14.8 Å². The van der Waals surface area contributed by atoms with Crippen LogP contribution in [-0.4, -0.2) is 106 Å². The summed E-state index contributed by atoms with van der Waals surface area (Å²) in [5.41, 5.74) is -1.44. The van der Waals surface area contributed by atoms with Crippen LogP contribution in [0.4, 0.5) is 4.79 Å². The van der Waals surface area contributed by atoms with Gasteiger partial charge >= 0.3 is 18.0 Å². The number of fused-ring (bicyclic) bond motifs is 1. The van der Waals surface area contributed by atoms with Crippen molar-refractivity contribution in [2.24, 2.45) is 0 Å². The second-order valence-corrected chi connectivity index (χ2v) is 10.6. The van der Waals surface area contributed by atoms with E-state index in [2.05, 4.69) is 10.3 Å². The molecule has 1 unspecified atom stereocenters. The van der Waals surface area contributed by atoms with Crippen molar-refractivity contribution >= 4 is 52.4 Å². The van der Waals surface area contributed by atoms with Crippen molar-refractivity contribution in [3.63, 3.8) is 0 Å². The molecular weight excluding hydrogens is 588 g/mol. The number of carbonyl (C=O) groups is 5. The molecule has 2 aliphatic rings. The van der Waals surface area contributed by atoms with Crippen LogP contribution in [0, 0.1) is 0 Å². The van der Waals surface area contributed by atoms with Gasteiger partial charge in [-0.1, -0.05) is 11.6 Å². The lowest BCUT2D eigenvalue weighted by Gasteiger charge is -2.38. The Morgan fingerprint density at radius 3 is 2.28 bits per heavy atom. The number of methoxy groups -OCH3 is 1. The Hall–Kier alpha value is -4.33.